The highest BCUT2D eigenvalue weighted by Gasteiger charge is 2.15. The van der Waals surface area contributed by atoms with E-state index in [1.807, 2.05) is 0 Å². The molecule has 0 radical (unpaired) electrons. The summed E-state index contributed by atoms with van der Waals surface area (Å²) >= 11 is 5.78. The van der Waals surface area contributed by atoms with Crippen molar-refractivity contribution in [2.45, 2.75) is 6.04 Å². The second-order valence-electron chi connectivity index (χ2n) is 4.11. The zero-order valence-electron chi connectivity index (χ0n) is 10.0. The molecule has 5 heteroatoms. The Kier molecular flexibility index (Phi) is 4.35. The van der Waals surface area contributed by atoms with Crippen LogP contribution in [0, 0.1) is 11.6 Å². The molecular weight excluding hydrogens is 270 g/mol. The van der Waals surface area contributed by atoms with Crippen LogP contribution >= 0.6 is 11.6 Å². The second kappa shape index (κ2) is 5.99. The molecule has 1 unspecified atom stereocenters. The third kappa shape index (κ3) is 3.43. The molecule has 0 saturated carbocycles. The molecular formula is C14H13ClF2N2. The first kappa shape index (κ1) is 13.8. The summed E-state index contributed by atoms with van der Waals surface area (Å²) in [6, 6.07) is 9.74. The van der Waals surface area contributed by atoms with Gasteiger partial charge in [0.25, 0.3) is 0 Å². The number of nitrogens with two attached hydrogens (primary N) is 1. The number of hydrogen-bond acceptors (Lipinski definition) is 2. The molecule has 0 saturated heterocycles. The van der Waals surface area contributed by atoms with Crippen LogP contribution < -0.4 is 11.1 Å². The van der Waals surface area contributed by atoms with Crippen molar-refractivity contribution in [2.75, 3.05) is 11.9 Å². The minimum absolute atomic E-state index is 0.142. The van der Waals surface area contributed by atoms with Crippen LogP contribution in [0.4, 0.5) is 14.5 Å². The lowest BCUT2D eigenvalue weighted by Gasteiger charge is -2.19. The van der Waals surface area contributed by atoms with Crippen LogP contribution in [0.2, 0.25) is 5.02 Å². The summed E-state index contributed by atoms with van der Waals surface area (Å²) in [6.45, 7) is 0.142. The minimum atomic E-state index is -0.503. The molecule has 2 aromatic carbocycles. The molecule has 1 atom stereocenters. The number of hydrogen-bond donors (Lipinski definition) is 2. The molecule has 3 N–H and O–H groups in total. The highest BCUT2D eigenvalue weighted by molar-refractivity contribution is 6.30. The SMILES string of the molecule is NCC(Nc1ccc(Cl)cc1)c1cc(F)ccc1F. The largest absolute Gasteiger partial charge is 0.377 e. The van der Waals surface area contributed by atoms with Crippen LogP contribution in [0.5, 0.6) is 0 Å². The van der Waals surface area contributed by atoms with Gasteiger partial charge in [0.1, 0.15) is 11.6 Å². The van der Waals surface area contributed by atoms with Crippen molar-refractivity contribution in [3.05, 3.63) is 64.7 Å². The van der Waals surface area contributed by atoms with Gasteiger partial charge < -0.3 is 11.1 Å². The first-order chi connectivity index (χ1) is 9.10. The van der Waals surface area contributed by atoms with Crippen molar-refractivity contribution >= 4 is 17.3 Å². The average Bonchev–Trinajstić information content (AvgIpc) is 2.41. The summed E-state index contributed by atoms with van der Waals surface area (Å²) in [5.74, 6) is -0.980. The molecule has 0 aromatic heterocycles. The highest BCUT2D eigenvalue weighted by atomic mass is 35.5. The Labute approximate surface area is 115 Å². The first-order valence-corrected chi connectivity index (χ1v) is 6.15. The number of rotatable bonds is 4. The van der Waals surface area contributed by atoms with Gasteiger partial charge in [-0.05, 0) is 42.5 Å². The Morgan fingerprint density at radius 1 is 1.11 bits per heavy atom. The summed E-state index contributed by atoms with van der Waals surface area (Å²) in [4.78, 5) is 0. The third-order valence-corrected chi connectivity index (χ3v) is 3.01. The Bertz CT molecular complexity index is 558. The fourth-order valence-electron chi connectivity index (χ4n) is 1.79. The zero-order chi connectivity index (χ0) is 13.8. The quantitative estimate of drug-likeness (QED) is 0.897. The van der Waals surface area contributed by atoms with E-state index in [0.717, 1.165) is 23.9 Å². The minimum Gasteiger partial charge on any atom is -0.377 e. The predicted molar refractivity (Wildman–Crippen MR) is 73.2 cm³/mol. The van der Waals surface area contributed by atoms with Gasteiger partial charge in [0.15, 0.2) is 0 Å². The Hall–Kier alpha value is -1.65. The number of halogens is 3. The molecule has 0 aliphatic heterocycles. The average molecular weight is 283 g/mol. The van der Waals surface area contributed by atoms with E-state index in [1.165, 1.54) is 0 Å². The molecule has 0 aliphatic rings. The van der Waals surface area contributed by atoms with E-state index >= 15 is 0 Å². The van der Waals surface area contributed by atoms with Crippen molar-refractivity contribution in [3.8, 4) is 0 Å². The third-order valence-electron chi connectivity index (χ3n) is 2.75. The molecule has 100 valence electrons. The van der Waals surface area contributed by atoms with Crippen LogP contribution in [0.1, 0.15) is 11.6 Å². The molecule has 0 spiro atoms. The van der Waals surface area contributed by atoms with E-state index in [0.29, 0.717) is 5.02 Å². The van der Waals surface area contributed by atoms with Gasteiger partial charge in [-0.2, -0.15) is 0 Å². The molecule has 0 amide bonds. The molecule has 19 heavy (non-hydrogen) atoms. The maximum Gasteiger partial charge on any atom is 0.128 e. The fraction of sp³-hybridized carbons (Fsp3) is 0.143. The Balaban J connectivity index is 2.24. The van der Waals surface area contributed by atoms with Crippen molar-refractivity contribution in [1.29, 1.82) is 0 Å². The molecule has 0 heterocycles. The monoisotopic (exact) mass is 282 g/mol. The molecule has 2 aromatic rings. The number of anilines is 1. The molecule has 0 bridgehead atoms. The van der Waals surface area contributed by atoms with Gasteiger partial charge in [0.05, 0.1) is 6.04 Å². The van der Waals surface area contributed by atoms with Gasteiger partial charge >= 0.3 is 0 Å². The summed E-state index contributed by atoms with van der Waals surface area (Å²) in [7, 11) is 0. The smallest absolute Gasteiger partial charge is 0.128 e. The van der Waals surface area contributed by atoms with Crippen LogP contribution in [0.3, 0.4) is 0 Å². The zero-order valence-corrected chi connectivity index (χ0v) is 10.8. The van der Waals surface area contributed by atoms with Gasteiger partial charge in [-0.1, -0.05) is 11.6 Å². The van der Waals surface area contributed by atoms with Crippen molar-refractivity contribution < 1.29 is 8.78 Å². The first-order valence-electron chi connectivity index (χ1n) is 5.77. The Morgan fingerprint density at radius 2 is 1.79 bits per heavy atom. The van der Waals surface area contributed by atoms with E-state index in [9.17, 15) is 8.78 Å². The van der Waals surface area contributed by atoms with Gasteiger partial charge in [0.2, 0.25) is 0 Å². The lowest BCUT2D eigenvalue weighted by molar-refractivity contribution is 0.572. The van der Waals surface area contributed by atoms with Crippen molar-refractivity contribution in [1.82, 2.24) is 0 Å². The second-order valence-corrected chi connectivity index (χ2v) is 4.54. The van der Waals surface area contributed by atoms with Crippen LogP contribution in [-0.2, 0) is 0 Å². The van der Waals surface area contributed by atoms with Crippen LogP contribution in [-0.4, -0.2) is 6.54 Å². The lowest BCUT2D eigenvalue weighted by atomic mass is 10.1. The van der Waals surface area contributed by atoms with Crippen LogP contribution in [0.15, 0.2) is 42.5 Å². The van der Waals surface area contributed by atoms with Crippen molar-refractivity contribution in [3.63, 3.8) is 0 Å². The Morgan fingerprint density at radius 3 is 2.42 bits per heavy atom. The summed E-state index contributed by atoms with van der Waals surface area (Å²) < 4.78 is 26.9. The van der Waals surface area contributed by atoms with E-state index < -0.39 is 17.7 Å². The summed E-state index contributed by atoms with van der Waals surface area (Å²) in [5.41, 5.74) is 6.57. The summed E-state index contributed by atoms with van der Waals surface area (Å²) in [5, 5.41) is 3.65. The molecule has 0 fully saturated rings. The maximum absolute atomic E-state index is 13.7. The van der Waals surface area contributed by atoms with E-state index in [2.05, 4.69) is 5.32 Å². The van der Waals surface area contributed by atoms with Gasteiger partial charge in [-0.25, -0.2) is 8.78 Å². The number of benzene rings is 2. The van der Waals surface area contributed by atoms with Gasteiger partial charge in [-0.3, -0.25) is 0 Å². The van der Waals surface area contributed by atoms with Gasteiger partial charge in [0, 0.05) is 22.8 Å². The lowest BCUT2D eigenvalue weighted by Crippen LogP contribution is -2.21. The van der Waals surface area contributed by atoms with Crippen LogP contribution in [0.25, 0.3) is 0 Å². The van der Waals surface area contributed by atoms with Gasteiger partial charge in [-0.15, -0.1) is 0 Å². The molecule has 0 aliphatic carbocycles. The normalized spacial score (nSPS) is 12.2. The van der Waals surface area contributed by atoms with E-state index in [1.54, 1.807) is 24.3 Å². The summed E-state index contributed by atoms with van der Waals surface area (Å²) in [6.07, 6.45) is 0. The number of nitrogens with one attached hydrogen (secondary N) is 1. The topological polar surface area (TPSA) is 38.0 Å². The fourth-order valence-corrected chi connectivity index (χ4v) is 1.92. The standard InChI is InChI=1S/C14H13ClF2N2/c15-9-1-4-11(5-2-9)19-14(8-18)12-7-10(16)3-6-13(12)17/h1-7,14,19H,8,18H2. The molecule has 2 rings (SSSR count). The van der Waals surface area contributed by atoms with Crippen molar-refractivity contribution in [2.24, 2.45) is 5.73 Å². The van der Waals surface area contributed by atoms with E-state index in [-0.39, 0.29) is 12.1 Å². The van der Waals surface area contributed by atoms with E-state index in [4.69, 9.17) is 17.3 Å². The predicted octanol–water partition coefficient (Wildman–Crippen LogP) is 3.73. The highest BCUT2D eigenvalue weighted by Crippen LogP contribution is 2.23. The molecule has 2 nitrogen and oxygen atoms in total. The maximum atomic E-state index is 13.7.